The van der Waals surface area contributed by atoms with Gasteiger partial charge in [-0.05, 0) is 31.4 Å². The Balaban J connectivity index is 1.76. The summed E-state index contributed by atoms with van der Waals surface area (Å²) in [6, 6.07) is 1.87. The van der Waals surface area contributed by atoms with Crippen LogP contribution in [-0.4, -0.2) is 80.5 Å². The fourth-order valence-corrected chi connectivity index (χ4v) is 7.60. The lowest BCUT2D eigenvalue weighted by atomic mass is 9.87. The Kier molecular flexibility index (Phi) is 12.2. The highest BCUT2D eigenvalue weighted by molar-refractivity contribution is 6.88. The van der Waals surface area contributed by atoms with Crippen LogP contribution in [0.25, 0.3) is 0 Å². The second-order valence-corrected chi connectivity index (χ2v) is 18.1. The number of benzene rings is 1. The molecule has 1 amide bonds. The molecule has 2 heterocycles. The lowest BCUT2D eigenvalue weighted by Crippen LogP contribution is -2.49. The van der Waals surface area contributed by atoms with Gasteiger partial charge in [-0.3, -0.25) is 4.79 Å². The SMILES string of the molecule is COCC(COC)N(C(=O)C1CCCCC1)c1cc(F)c(Oc2ncc(Cn3nc(C)c([Si](C)(C)C)n3)cc2C(F)(F)F)cc1C(=O)OC. The van der Waals surface area contributed by atoms with E-state index in [4.69, 9.17) is 18.9 Å². The van der Waals surface area contributed by atoms with Gasteiger partial charge < -0.3 is 23.8 Å². The average molecular weight is 710 g/mol. The fraction of sp³-hybridized carbons (Fsp3) is 0.545. The number of halogens is 4. The van der Waals surface area contributed by atoms with Gasteiger partial charge in [-0.15, -0.1) is 0 Å². The standard InChI is InChI=1S/C33H43F4N5O6Si/c1-20-30(49(5,6)7)40-41(39-20)17-21-13-25(33(35,36)37)29(38-16-21)48-28-14-24(32(44)47-4)27(15-26(28)34)42(23(18-45-2)19-46-3)31(43)22-11-9-8-10-12-22/h13-16,22-23H,8-12,17-19H2,1-7H3. The van der Waals surface area contributed by atoms with Crippen LogP contribution in [0.1, 0.15) is 59.3 Å². The van der Waals surface area contributed by atoms with Gasteiger partial charge in [0.1, 0.15) is 13.6 Å². The molecule has 1 aromatic carbocycles. The Labute approximate surface area is 283 Å². The number of carbonyl (C=O) groups is 2. The quantitative estimate of drug-likeness (QED) is 0.122. The maximum atomic E-state index is 15.9. The molecule has 268 valence electrons. The number of esters is 1. The summed E-state index contributed by atoms with van der Waals surface area (Å²) in [7, 11) is 2.11. The van der Waals surface area contributed by atoms with Gasteiger partial charge in [0.15, 0.2) is 11.6 Å². The van der Waals surface area contributed by atoms with Gasteiger partial charge in [0, 0.05) is 38.5 Å². The molecule has 1 fully saturated rings. The molecule has 2 aromatic heterocycles. The van der Waals surface area contributed by atoms with Gasteiger partial charge in [-0.1, -0.05) is 38.9 Å². The lowest BCUT2D eigenvalue weighted by molar-refractivity contribution is -0.139. The van der Waals surface area contributed by atoms with Gasteiger partial charge >= 0.3 is 12.1 Å². The van der Waals surface area contributed by atoms with Crippen molar-refractivity contribution in [2.24, 2.45) is 5.92 Å². The normalized spacial score (nSPS) is 14.3. The van der Waals surface area contributed by atoms with Crippen LogP contribution in [0.4, 0.5) is 23.2 Å². The number of aryl methyl sites for hydroxylation is 1. The van der Waals surface area contributed by atoms with E-state index in [9.17, 15) is 22.8 Å². The molecule has 0 aliphatic heterocycles. The number of anilines is 1. The van der Waals surface area contributed by atoms with E-state index >= 15 is 4.39 Å². The summed E-state index contributed by atoms with van der Waals surface area (Å²) >= 11 is 0. The van der Waals surface area contributed by atoms with Gasteiger partial charge in [0.05, 0.1) is 55.2 Å². The molecule has 49 heavy (non-hydrogen) atoms. The summed E-state index contributed by atoms with van der Waals surface area (Å²) in [5, 5.41) is 9.70. The summed E-state index contributed by atoms with van der Waals surface area (Å²) in [4.78, 5) is 33.6. The molecule has 3 aromatic rings. The van der Waals surface area contributed by atoms with E-state index in [0.717, 1.165) is 56.1 Å². The minimum atomic E-state index is -4.94. The highest BCUT2D eigenvalue weighted by Crippen LogP contribution is 2.40. The number of amides is 1. The number of rotatable bonds is 13. The first kappa shape index (κ1) is 37.9. The van der Waals surface area contributed by atoms with Crippen LogP contribution in [0.3, 0.4) is 0 Å². The molecule has 16 heteroatoms. The molecule has 0 radical (unpaired) electrons. The molecule has 4 rings (SSSR count). The van der Waals surface area contributed by atoms with E-state index in [-0.39, 0.29) is 42.5 Å². The first-order valence-electron chi connectivity index (χ1n) is 16.0. The number of carbonyl (C=O) groups excluding carboxylic acids is 2. The number of nitrogens with zero attached hydrogens (tertiary/aromatic N) is 5. The van der Waals surface area contributed by atoms with Crippen LogP contribution < -0.4 is 15.0 Å². The molecule has 0 unspecified atom stereocenters. The molecule has 0 N–H and O–H groups in total. The van der Waals surface area contributed by atoms with E-state index in [0.29, 0.717) is 18.5 Å². The summed E-state index contributed by atoms with van der Waals surface area (Å²) in [6.07, 6.45) is 0.0844. The Morgan fingerprint density at radius 1 is 1.02 bits per heavy atom. The van der Waals surface area contributed by atoms with Gasteiger partial charge in [0.25, 0.3) is 0 Å². The number of hydrogen-bond donors (Lipinski definition) is 0. The number of pyridine rings is 1. The Morgan fingerprint density at radius 3 is 2.22 bits per heavy atom. The highest BCUT2D eigenvalue weighted by Gasteiger charge is 2.38. The average Bonchev–Trinajstić information content (AvgIpc) is 3.43. The summed E-state index contributed by atoms with van der Waals surface area (Å²) in [6.45, 7) is 7.96. The predicted octanol–water partition coefficient (Wildman–Crippen LogP) is 5.89. The molecular formula is C33H43F4N5O6Si. The fourth-order valence-electron chi connectivity index (χ4n) is 6.05. The van der Waals surface area contributed by atoms with Crippen molar-refractivity contribution in [1.82, 2.24) is 20.0 Å². The largest absolute Gasteiger partial charge is 0.465 e. The summed E-state index contributed by atoms with van der Waals surface area (Å²) in [5.74, 6) is -4.50. The van der Waals surface area contributed by atoms with E-state index < -0.39 is 55.2 Å². The zero-order valence-corrected chi connectivity index (χ0v) is 29.8. The van der Waals surface area contributed by atoms with Crippen LogP contribution in [0, 0.1) is 18.7 Å². The number of hydrogen-bond acceptors (Lipinski definition) is 9. The Bertz CT molecular complexity index is 1630. The number of aromatic nitrogens is 4. The third-order valence-electron chi connectivity index (χ3n) is 8.27. The van der Waals surface area contributed by atoms with Crippen LogP contribution >= 0.6 is 0 Å². The van der Waals surface area contributed by atoms with Gasteiger partial charge in [0.2, 0.25) is 11.8 Å². The Hall–Kier alpha value is -3.89. The van der Waals surface area contributed by atoms with Crippen molar-refractivity contribution in [3.05, 3.63) is 52.6 Å². The second kappa shape index (κ2) is 15.8. The van der Waals surface area contributed by atoms with Crippen LogP contribution in [0.15, 0.2) is 24.4 Å². The van der Waals surface area contributed by atoms with Crippen molar-refractivity contribution in [1.29, 1.82) is 0 Å². The van der Waals surface area contributed by atoms with Gasteiger partial charge in [-0.25, -0.2) is 14.2 Å². The third-order valence-corrected chi connectivity index (χ3v) is 10.2. The van der Waals surface area contributed by atoms with Crippen molar-refractivity contribution in [3.63, 3.8) is 0 Å². The van der Waals surface area contributed by atoms with Crippen LogP contribution in [0.2, 0.25) is 19.6 Å². The first-order valence-corrected chi connectivity index (χ1v) is 19.5. The molecule has 11 nitrogen and oxygen atoms in total. The van der Waals surface area contributed by atoms with E-state index in [1.54, 1.807) is 6.92 Å². The predicted molar refractivity (Wildman–Crippen MR) is 175 cm³/mol. The second-order valence-electron chi connectivity index (χ2n) is 13.1. The summed E-state index contributed by atoms with van der Waals surface area (Å²) in [5.41, 5.74) is -0.869. The highest BCUT2D eigenvalue weighted by atomic mass is 28.3. The number of ether oxygens (including phenoxy) is 4. The zero-order chi connectivity index (χ0) is 36.1. The monoisotopic (exact) mass is 709 g/mol. The number of methoxy groups -OCH3 is 3. The number of alkyl halides is 3. The molecule has 1 aliphatic rings. The van der Waals surface area contributed by atoms with Crippen molar-refractivity contribution in [2.45, 2.75) is 77.4 Å². The maximum absolute atomic E-state index is 15.9. The van der Waals surface area contributed by atoms with Gasteiger partial charge in [-0.2, -0.15) is 28.2 Å². The topological polar surface area (TPSA) is 118 Å². The van der Waals surface area contributed by atoms with Crippen LogP contribution in [0.5, 0.6) is 11.6 Å². The first-order chi connectivity index (χ1) is 23.1. The van der Waals surface area contributed by atoms with Crippen molar-refractivity contribution in [3.8, 4) is 11.6 Å². The molecule has 0 atom stereocenters. The van der Waals surface area contributed by atoms with E-state index in [2.05, 4.69) is 34.8 Å². The lowest BCUT2D eigenvalue weighted by Gasteiger charge is -2.36. The molecule has 0 bridgehead atoms. The summed E-state index contributed by atoms with van der Waals surface area (Å²) < 4.78 is 80.0. The van der Waals surface area contributed by atoms with Crippen molar-refractivity contribution in [2.75, 3.05) is 39.4 Å². The van der Waals surface area contributed by atoms with Crippen molar-refractivity contribution >= 4 is 31.0 Å². The molecule has 1 saturated carbocycles. The molecule has 0 spiro atoms. The van der Waals surface area contributed by atoms with E-state index in [1.165, 1.54) is 23.9 Å². The Morgan fingerprint density at radius 2 is 1.67 bits per heavy atom. The smallest absolute Gasteiger partial charge is 0.421 e. The molecular weight excluding hydrogens is 666 g/mol. The minimum Gasteiger partial charge on any atom is -0.465 e. The minimum absolute atomic E-state index is 0.00886. The molecule has 1 aliphatic carbocycles. The maximum Gasteiger partial charge on any atom is 0.421 e. The van der Waals surface area contributed by atoms with Crippen LogP contribution in [-0.2, 0) is 31.7 Å². The third kappa shape index (κ3) is 9.02. The van der Waals surface area contributed by atoms with Crippen molar-refractivity contribution < 1.29 is 46.1 Å². The molecule has 0 saturated heterocycles. The van der Waals surface area contributed by atoms with E-state index in [1.807, 2.05) is 0 Å². The zero-order valence-electron chi connectivity index (χ0n) is 28.8.